The lowest BCUT2D eigenvalue weighted by Crippen LogP contribution is -1.93. The highest BCUT2D eigenvalue weighted by atomic mass is 35.7. The lowest BCUT2D eigenvalue weighted by molar-refractivity contribution is 0.613. The number of hydrogen-bond donors (Lipinski definition) is 0. The zero-order valence-electron chi connectivity index (χ0n) is 3.31. The molecule has 0 bridgehead atoms. The van der Waals surface area contributed by atoms with Crippen LogP contribution in [0.1, 0.15) is 0 Å². The molecule has 0 aliphatic heterocycles. The van der Waals surface area contributed by atoms with E-state index in [1.807, 2.05) is 0 Å². The highest BCUT2D eigenvalue weighted by Gasteiger charge is 1.95. The first kappa shape index (κ1) is 6.30. The molecule has 0 unspecified atom stereocenters. The van der Waals surface area contributed by atoms with Crippen LogP contribution < -0.4 is 0 Å². The average molecular weight is 126 g/mol. The molecule has 0 rings (SSSR count). The van der Waals surface area contributed by atoms with Gasteiger partial charge in [-0.3, -0.25) is 0 Å². The summed E-state index contributed by atoms with van der Waals surface area (Å²) in [6, 6.07) is 0. The minimum atomic E-state index is -3.19. The van der Waals surface area contributed by atoms with Crippen LogP contribution in [0.15, 0.2) is 0 Å². The van der Waals surface area contributed by atoms with Gasteiger partial charge in [0.1, 0.15) is 7.85 Å². The molecule has 0 fully saturated rings. The lowest BCUT2D eigenvalue weighted by atomic mass is 10.2. The van der Waals surface area contributed by atoms with Gasteiger partial charge < -0.3 is 0 Å². The highest BCUT2D eigenvalue weighted by molar-refractivity contribution is 8.14. The zero-order valence-corrected chi connectivity index (χ0v) is 4.88. The molecule has 0 amide bonds. The van der Waals surface area contributed by atoms with Crippen LogP contribution in [0.2, 0.25) is 0 Å². The van der Waals surface area contributed by atoms with Gasteiger partial charge in [0.2, 0.25) is 9.05 Å². The molecule has 0 aliphatic rings. The summed E-state index contributed by atoms with van der Waals surface area (Å²) < 4.78 is 19.5. The van der Waals surface area contributed by atoms with Gasteiger partial charge in [-0.05, 0) is 0 Å². The van der Waals surface area contributed by atoms with Crippen molar-refractivity contribution in [3.8, 4) is 0 Å². The van der Waals surface area contributed by atoms with Crippen molar-refractivity contribution >= 4 is 27.6 Å². The van der Waals surface area contributed by atoms with Crippen molar-refractivity contribution < 1.29 is 8.42 Å². The number of hydrogen-bond acceptors (Lipinski definition) is 2. The molecule has 0 saturated heterocycles. The summed E-state index contributed by atoms with van der Waals surface area (Å²) in [7, 11) is 2.99. The minimum Gasteiger partial charge on any atom is -0.213 e. The Morgan fingerprint density at radius 2 is 1.83 bits per heavy atom. The van der Waals surface area contributed by atoms with Crippen molar-refractivity contribution in [3.05, 3.63) is 0 Å². The standard InChI is InChI=1S/CH4BClO2S/c2-1-6(3,4)5/h1-2H2. The second-order valence-corrected chi connectivity index (χ2v) is 3.89. The van der Waals surface area contributed by atoms with Gasteiger partial charge in [-0.1, -0.05) is 0 Å². The van der Waals surface area contributed by atoms with Gasteiger partial charge >= 0.3 is 0 Å². The van der Waals surface area contributed by atoms with Crippen LogP contribution in [0.3, 0.4) is 0 Å². The van der Waals surface area contributed by atoms with E-state index in [2.05, 4.69) is 10.7 Å². The summed E-state index contributed by atoms with van der Waals surface area (Å²) in [5.74, 6) is 0. The van der Waals surface area contributed by atoms with E-state index < -0.39 is 9.05 Å². The van der Waals surface area contributed by atoms with Crippen molar-refractivity contribution in [1.29, 1.82) is 0 Å². The Morgan fingerprint density at radius 1 is 1.67 bits per heavy atom. The van der Waals surface area contributed by atoms with Crippen LogP contribution in [0.25, 0.3) is 0 Å². The van der Waals surface area contributed by atoms with Crippen LogP contribution in [0, 0.1) is 0 Å². The molecule has 0 heterocycles. The van der Waals surface area contributed by atoms with Gasteiger partial charge in [0, 0.05) is 16.3 Å². The molecule has 0 spiro atoms. The normalized spacial score (nSPS) is 11.5. The van der Waals surface area contributed by atoms with Gasteiger partial charge in [0.05, 0.1) is 0 Å². The van der Waals surface area contributed by atoms with Crippen molar-refractivity contribution in [2.75, 3.05) is 5.65 Å². The van der Waals surface area contributed by atoms with Crippen LogP contribution in [-0.4, -0.2) is 21.9 Å². The summed E-state index contributed by atoms with van der Waals surface area (Å²) in [5.41, 5.74) is 0.00849. The van der Waals surface area contributed by atoms with Crippen molar-refractivity contribution in [2.24, 2.45) is 0 Å². The van der Waals surface area contributed by atoms with Gasteiger partial charge in [-0.2, -0.15) is 0 Å². The smallest absolute Gasteiger partial charge is 0.213 e. The van der Waals surface area contributed by atoms with E-state index in [9.17, 15) is 8.42 Å². The molecule has 0 saturated carbocycles. The van der Waals surface area contributed by atoms with Gasteiger partial charge in [-0.15, -0.1) is 0 Å². The van der Waals surface area contributed by atoms with E-state index in [1.165, 1.54) is 7.85 Å². The summed E-state index contributed by atoms with van der Waals surface area (Å²) >= 11 is 0. The molecule has 0 radical (unpaired) electrons. The lowest BCUT2D eigenvalue weighted by Gasteiger charge is -1.77. The first-order valence-corrected chi connectivity index (χ1v) is 3.96. The van der Waals surface area contributed by atoms with E-state index in [1.54, 1.807) is 0 Å². The SMILES string of the molecule is BCS(=O)(=O)Cl. The fourth-order valence-corrected chi connectivity index (χ4v) is 0. The Balaban J connectivity index is 3.85. The van der Waals surface area contributed by atoms with E-state index in [-0.39, 0.29) is 5.65 Å². The maximum atomic E-state index is 9.77. The van der Waals surface area contributed by atoms with Gasteiger partial charge in [-0.25, -0.2) is 8.42 Å². The average Bonchev–Trinajstić information content (AvgIpc) is 1.35. The van der Waals surface area contributed by atoms with Crippen LogP contribution in [0.4, 0.5) is 0 Å². The van der Waals surface area contributed by atoms with E-state index >= 15 is 0 Å². The van der Waals surface area contributed by atoms with Crippen LogP contribution in [0.5, 0.6) is 0 Å². The van der Waals surface area contributed by atoms with Crippen molar-refractivity contribution in [1.82, 2.24) is 0 Å². The monoisotopic (exact) mass is 126 g/mol. The first-order chi connectivity index (χ1) is 2.56. The predicted molar refractivity (Wildman–Crippen MR) is 28.2 cm³/mol. The van der Waals surface area contributed by atoms with Crippen LogP contribution >= 0.6 is 10.7 Å². The third kappa shape index (κ3) is 4.30. The van der Waals surface area contributed by atoms with E-state index in [0.29, 0.717) is 0 Å². The molecule has 0 atom stereocenters. The Labute approximate surface area is 42.3 Å². The molecular weight excluding hydrogens is 122 g/mol. The maximum Gasteiger partial charge on any atom is 0.225 e. The van der Waals surface area contributed by atoms with Crippen molar-refractivity contribution in [2.45, 2.75) is 0 Å². The quantitative estimate of drug-likeness (QED) is 0.339. The Hall–Kier alpha value is 0.305. The molecule has 0 N–H and O–H groups in total. The third-order valence-electron chi connectivity index (χ3n) is 0.345. The van der Waals surface area contributed by atoms with Crippen molar-refractivity contribution in [3.63, 3.8) is 0 Å². The minimum absolute atomic E-state index is 0.00849. The predicted octanol–water partition coefficient (Wildman–Crippen LogP) is -0.854. The molecule has 0 aromatic carbocycles. The Kier molecular flexibility index (Phi) is 1.94. The molecule has 0 aliphatic carbocycles. The molecule has 5 heteroatoms. The molecule has 36 valence electrons. The fourth-order valence-electron chi connectivity index (χ4n) is 0. The van der Waals surface area contributed by atoms with Gasteiger partial charge in [0.25, 0.3) is 0 Å². The summed E-state index contributed by atoms with van der Waals surface area (Å²) in [6.45, 7) is 0. The van der Waals surface area contributed by atoms with E-state index in [4.69, 9.17) is 0 Å². The second-order valence-electron chi connectivity index (χ2n) is 0.828. The Morgan fingerprint density at radius 3 is 1.83 bits per heavy atom. The number of rotatable bonds is 1. The summed E-state index contributed by atoms with van der Waals surface area (Å²) in [5, 5.41) is 0. The summed E-state index contributed by atoms with van der Waals surface area (Å²) in [4.78, 5) is 0. The second kappa shape index (κ2) is 1.84. The summed E-state index contributed by atoms with van der Waals surface area (Å²) in [6.07, 6.45) is 0. The number of halogens is 1. The molecule has 2 nitrogen and oxygen atoms in total. The maximum absolute atomic E-state index is 9.77. The fraction of sp³-hybridized carbons (Fsp3) is 1.00. The zero-order chi connectivity index (χ0) is 5.21. The van der Waals surface area contributed by atoms with Crippen LogP contribution in [-0.2, 0) is 9.05 Å². The molecule has 0 aromatic heterocycles. The largest absolute Gasteiger partial charge is 0.225 e. The Bertz CT molecular complexity index is 116. The molecule has 0 aromatic rings. The molecule has 6 heavy (non-hydrogen) atoms. The third-order valence-corrected chi connectivity index (χ3v) is 1.69. The first-order valence-electron chi connectivity index (χ1n) is 1.48. The molecular formula is CH4BClO2S. The topological polar surface area (TPSA) is 34.1 Å². The van der Waals surface area contributed by atoms with Gasteiger partial charge in [0.15, 0.2) is 0 Å². The highest BCUT2D eigenvalue weighted by Crippen LogP contribution is 1.89. The van der Waals surface area contributed by atoms with E-state index in [0.717, 1.165) is 0 Å².